The highest BCUT2D eigenvalue weighted by molar-refractivity contribution is 5.84. The summed E-state index contributed by atoms with van der Waals surface area (Å²) in [4.78, 5) is 15.3. The Morgan fingerprint density at radius 3 is 2.85 bits per heavy atom. The smallest absolute Gasteiger partial charge is 0.165 e. The Labute approximate surface area is 150 Å². The maximum Gasteiger partial charge on any atom is 0.165 e. The van der Waals surface area contributed by atoms with Crippen LogP contribution in [0.2, 0.25) is 0 Å². The van der Waals surface area contributed by atoms with Gasteiger partial charge in [-0.15, -0.1) is 0 Å². The van der Waals surface area contributed by atoms with Crippen molar-refractivity contribution < 1.29 is 10.2 Å². The fraction of sp³-hybridized carbons (Fsp3) is 0.412. The molecule has 9 heteroatoms. The molecule has 0 bridgehead atoms. The average Bonchev–Trinajstić information content (AvgIpc) is 3.28. The van der Waals surface area contributed by atoms with E-state index in [0.29, 0.717) is 11.2 Å². The molecule has 1 unspecified atom stereocenters. The van der Waals surface area contributed by atoms with Gasteiger partial charge in [0.15, 0.2) is 17.0 Å². The first-order valence-corrected chi connectivity index (χ1v) is 8.54. The maximum absolute atomic E-state index is 9.68. The fourth-order valence-electron chi connectivity index (χ4n) is 3.30. The Kier molecular flexibility index (Phi) is 4.39. The summed E-state index contributed by atoms with van der Waals surface area (Å²) in [5.41, 5.74) is 3.78. The summed E-state index contributed by atoms with van der Waals surface area (Å²) in [7, 11) is 1.95. The van der Waals surface area contributed by atoms with E-state index in [2.05, 4.69) is 31.0 Å². The van der Waals surface area contributed by atoms with Crippen LogP contribution in [-0.2, 0) is 13.6 Å². The van der Waals surface area contributed by atoms with E-state index in [-0.39, 0.29) is 13.2 Å². The third-order valence-corrected chi connectivity index (χ3v) is 4.66. The Hall–Kier alpha value is -2.78. The number of fused-ring (bicyclic) bond motifs is 1. The highest BCUT2D eigenvalue weighted by Gasteiger charge is 2.20. The van der Waals surface area contributed by atoms with Crippen LogP contribution in [0.25, 0.3) is 16.7 Å². The Morgan fingerprint density at radius 1 is 1.27 bits per heavy atom. The number of imidazole rings is 1. The van der Waals surface area contributed by atoms with Gasteiger partial charge in [-0.25, -0.2) is 15.0 Å². The third kappa shape index (κ3) is 2.95. The van der Waals surface area contributed by atoms with E-state index in [1.165, 1.54) is 11.9 Å². The van der Waals surface area contributed by atoms with Crippen LogP contribution in [0.4, 0.5) is 5.82 Å². The SMILES string of the molecule is Cn1nccc1C1=CCN(c2ncnc3c2ncn3CC(O)CO)CC1. The Balaban J connectivity index is 1.60. The molecule has 2 N–H and O–H groups in total. The summed E-state index contributed by atoms with van der Waals surface area (Å²) in [5.74, 6) is 0.785. The number of hydrogen-bond donors (Lipinski definition) is 2. The molecular weight excluding hydrogens is 334 g/mol. The molecule has 0 amide bonds. The number of nitrogens with zero attached hydrogens (tertiary/aromatic N) is 7. The second kappa shape index (κ2) is 6.85. The second-order valence-electron chi connectivity index (χ2n) is 6.37. The minimum atomic E-state index is -0.842. The molecule has 0 radical (unpaired) electrons. The lowest BCUT2D eigenvalue weighted by Crippen LogP contribution is -2.29. The summed E-state index contributed by atoms with van der Waals surface area (Å²) < 4.78 is 3.63. The van der Waals surface area contributed by atoms with Crippen LogP contribution in [-0.4, -0.2) is 65.3 Å². The van der Waals surface area contributed by atoms with Crippen molar-refractivity contribution in [2.24, 2.45) is 7.05 Å². The zero-order valence-corrected chi connectivity index (χ0v) is 14.5. The van der Waals surface area contributed by atoms with Crippen LogP contribution in [0.5, 0.6) is 0 Å². The summed E-state index contributed by atoms with van der Waals surface area (Å²) in [6, 6.07) is 2.03. The minimum Gasteiger partial charge on any atom is -0.394 e. The molecule has 1 aliphatic heterocycles. The van der Waals surface area contributed by atoms with E-state index in [4.69, 9.17) is 5.11 Å². The van der Waals surface area contributed by atoms with Crippen LogP contribution in [0.15, 0.2) is 31.0 Å². The van der Waals surface area contributed by atoms with Gasteiger partial charge in [-0.1, -0.05) is 6.08 Å². The van der Waals surface area contributed by atoms with Gasteiger partial charge in [0.2, 0.25) is 0 Å². The lowest BCUT2D eigenvalue weighted by Gasteiger charge is -2.27. The van der Waals surface area contributed by atoms with Gasteiger partial charge in [0.25, 0.3) is 0 Å². The summed E-state index contributed by atoms with van der Waals surface area (Å²) in [5, 5.41) is 23.0. The highest BCUT2D eigenvalue weighted by Crippen LogP contribution is 2.27. The molecule has 9 nitrogen and oxygen atoms in total. The van der Waals surface area contributed by atoms with E-state index >= 15 is 0 Å². The number of aliphatic hydroxyl groups excluding tert-OH is 2. The van der Waals surface area contributed by atoms with Crippen molar-refractivity contribution in [3.05, 3.63) is 36.7 Å². The summed E-state index contributed by atoms with van der Waals surface area (Å²) in [6.45, 7) is 1.51. The second-order valence-corrected chi connectivity index (χ2v) is 6.37. The van der Waals surface area contributed by atoms with Gasteiger partial charge in [-0.2, -0.15) is 5.10 Å². The average molecular weight is 355 g/mol. The van der Waals surface area contributed by atoms with Crippen molar-refractivity contribution >= 4 is 22.6 Å². The van der Waals surface area contributed by atoms with Crippen molar-refractivity contribution in [1.29, 1.82) is 0 Å². The Morgan fingerprint density at radius 2 is 2.15 bits per heavy atom. The molecule has 1 aliphatic rings. The van der Waals surface area contributed by atoms with Crippen LogP contribution in [0, 0.1) is 0 Å². The van der Waals surface area contributed by atoms with Crippen LogP contribution < -0.4 is 4.90 Å². The van der Waals surface area contributed by atoms with Crippen molar-refractivity contribution in [3.63, 3.8) is 0 Å². The van der Waals surface area contributed by atoms with Gasteiger partial charge in [0.05, 0.1) is 31.3 Å². The van der Waals surface area contributed by atoms with E-state index in [0.717, 1.165) is 31.0 Å². The molecule has 0 spiro atoms. The normalized spacial score (nSPS) is 16.1. The predicted octanol–water partition coefficient (Wildman–Crippen LogP) is 0.207. The van der Waals surface area contributed by atoms with Gasteiger partial charge in [-0.05, 0) is 18.1 Å². The first kappa shape index (κ1) is 16.7. The summed E-state index contributed by atoms with van der Waals surface area (Å²) >= 11 is 0. The zero-order chi connectivity index (χ0) is 18.1. The number of rotatable bonds is 5. The monoisotopic (exact) mass is 355 g/mol. The molecule has 1 atom stereocenters. The summed E-state index contributed by atoms with van der Waals surface area (Å²) in [6.07, 6.45) is 7.20. The maximum atomic E-state index is 9.68. The zero-order valence-electron chi connectivity index (χ0n) is 14.5. The largest absolute Gasteiger partial charge is 0.394 e. The lowest BCUT2D eigenvalue weighted by molar-refractivity contribution is 0.0820. The van der Waals surface area contributed by atoms with E-state index < -0.39 is 6.10 Å². The van der Waals surface area contributed by atoms with Crippen molar-refractivity contribution in [3.8, 4) is 0 Å². The molecule has 3 aromatic rings. The van der Waals surface area contributed by atoms with Gasteiger partial charge < -0.3 is 19.7 Å². The lowest BCUT2D eigenvalue weighted by atomic mass is 10.0. The molecule has 0 aliphatic carbocycles. The molecule has 4 rings (SSSR count). The quantitative estimate of drug-likeness (QED) is 0.674. The fourth-order valence-corrected chi connectivity index (χ4v) is 3.30. The number of aryl methyl sites for hydroxylation is 1. The molecule has 4 heterocycles. The number of hydrogen-bond acceptors (Lipinski definition) is 7. The van der Waals surface area contributed by atoms with Crippen molar-refractivity contribution in [1.82, 2.24) is 29.3 Å². The predicted molar refractivity (Wildman–Crippen MR) is 96.4 cm³/mol. The third-order valence-electron chi connectivity index (χ3n) is 4.66. The van der Waals surface area contributed by atoms with E-state index in [9.17, 15) is 5.11 Å². The highest BCUT2D eigenvalue weighted by atomic mass is 16.3. The molecular formula is C17H21N7O2. The molecule has 0 aromatic carbocycles. The van der Waals surface area contributed by atoms with Crippen LogP contribution >= 0.6 is 0 Å². The number of aliphatic hydroxyl groups is 2. The van der Waals surface area contributed by atoms with E-state index in [1.807, 2.05) is 24.0 Å². The standard InChI is InChI=1S/C17H21N7O2/c1-22-14(2-5-21-22)12-3-6-23(7-4-12)16-15-17(19-10-18-16)24(11-20-15)8-13(26)9-25/h2-3,5,10-11,13,25-26H,4,6-9H2,1H3. The van der Waals surface area contributed by atoms with Crippen LogP contribution in [0.1, 0.15) is 12.1 Å². The molecule has 0 saturated carbocycles. The number of aromatic nitrogens is 6. The molecule has 136 valence electrons. The molecule has 0 fully saturated rings. The Bertz CT molecular complexity index is 946. The number of anilines is 1. The van der Waals surface area contributed by atoms with Gasteiger partial charge in [0, 0.05) is 26.3 Å². The molecule has 26 heavy (non-hydrogen) atoms. The van der Waals surface area contributed by atoms with Gasteiger partial charge in [0.1, 0.15) is 6.33 Å². The minimum absolute atomic E-state index is 0.244. The first-order chi connectivity index (χ1) is 12.7. The van der Waals surface area contributed by atoms with Gasteiger partial charge in [-0.3, -0.25) is 4.68 Å². The molecule has 3 aromatic heterocycles. The first-order valence-electron chi connectivity index (χ1n) is 8.54. The van der Waals surface area contributed by atoms with Crippen molar-refractivity contribution in [2.45, 2.75) is 19.1 Å². The van der Waals surface area contributed by atoms with Crippen molar-refractivity contribution in [2.75, 3.05) is 24.6 Å². The van der Waals surface area contributed by atoms with Crippen LogP contribution in [0.3, 0.4) is 0 Å². The van der Waals surface area contributed by atoms with E-state index in [1.54, 1.807) is 10.9 Å². The molecule has 0 saturated heterocycles. The topological polar surface area (TPSA) is 105 Å². The van der Waals surface area contributed by atoms with Gasteiger partial charge >= 0.3 is 0 Å².